The number of para-hydroxylation sites is 2. The number of anilines is 3. The number of nitrogens with zero attached hydrogens (tertiary/aromatic N) is 2. The lowest BCUT2D eigenvalue weighted by atomic mass is 9.98. The summed E-state index contributed by atoms with van der Waals surface area (Å²) in [6.45, 7) is 0. The molecule has 0 N–H and O–H groups in total. The fourth-order valence-electron chi connectivity index (χ4n) is 6.80. The summed E-state index contributed by atoms with van der Waals surface area (Å²) in [6, 6.07) is 68.1. The van der Waals surface area contributed by atoms with Crippen molar-refractivity contribution in [3.63, 3.8) is 0 Å². The molecule has 0 fully saturated rings. The van der Waals surface area contributed by atoms with E-state index in [1.54, 1.807) is 0 Å². The van der Waals surface area contributed by atoms with Crippen LogP contribution in [0.4, 0.5) is 17.1 Å². The van der Waals surface area contributed by atoms with Gasteiger partial charge in [0.1, 0.15) is 5.52 Å². The van der Waals surface area contributed by atoms with Gasteiger partial charge >= 0.3 is 0 Å². The van der Waals surface area contributed by atoms with Crippen LogP contribution in [0.25, 0.3) is 66.7 Å². The maximum atomic E-state index is 6.29. The molecule has 0 saturated heterocycles. The summed E-state index contributed by atoms with van der Waals surface area (Å²) in [5.74, 6) is 0.623. The first-order valence-corrected chi connectivity index (χ1v) is 16.9. The first-order chi connectivity index (χ1) is 24.8. The number of benzene rings is 8. The zero-order valence-electron chi connectivity index (χ0n) is 27.3. The van der Waals surface area contributed by atoms with Crippen LogP contribution < -0.4 is 4.90 Å². The van der Waals surface area contributed by atoms with Crippen LogP contribution in [0.1, 0.15) is 0 Å². The van der Waals surface area contributed by atoms with Gasteiger partial charge < -0.3 is 9.32 Å². The van der Waals surface area contributed by atoms with Crippen molar-refractivity contribution in [1.82, 2.24) is 4.98 Å². The quantitative estimate of drug-likeness (QED) is 0.174. The van der Waals surface area contributed by atoms with Crippen LogP contribution >= 0.6 is 0 Å². The molecule has 0 radical (unpaired) electrons. The molecule has 0 aliphatic rings. The van der Waals surface area contributed by atoms with Gasteiger partial charge in [0, 0.05) is 27.9 Å². The number of hydrogen-bond acceptors (Lipinski definition) is 3. The van der Waals surface area contributed by atoms with E-state index in [9.17, 15) is 0 Å². The molecule has 0 spiro atoms. The number of aromatic nitrogens is 1. The molecule has 236 valence electrons. The standard InChI is InChI=1S/C47H32N2O/c1-4-12-33(13-5-1)35-20-22-37(23-21-35)47-48-46-43-30-26-38(32-39(43)27-31-45(46)50-47)42-18-10-11-19-44(42)49(40-16-8-3-9-17-40)41-28-24-36(25-29-41)34-14-6-2-7-15-34/h1-32H. The highest BCUT2D eigenvalue weighted by Crippen LogP contribution is 2.42. The van der Waals surface area contributed by atoms with E-state index in [0.717, 1.165) is 55.6 Å². The van der Waals surface area contributed by atoms with Crippen molar-refractivity contribution in [3.05, 3.63) is 194 Å². The number of fused-ring (bicyclic) bond motifs is 3. The van der Waals surface area contributed by atoms with E-state index in [4.69, 9.17) is 9.40 Å². The smallest absolute Gasteiger partial charge is 0.227 e. The van der Waals surface area contributed by atoms with Gasteiger partial charge in [0.05, 0.1) is 5.69 Å². The van der Waals surface area contributed by atoms with E-state index in [2.05, 4.69) is 187 Å². The van der Waals surface area contributed by atoms with Crippen molar-refractivity contribution in [2.24, 2.45) is 0 Å². The van der Waals surface area contributed by atoms with Crippen LogP contribution in [0, 0.1) is 0 Å². The van der Waals surface area contributed by atoms with Gasteiger partial charge in [-0.25, -0.2) is 4.98 Å². The van der Waals surface area contributed by atoms with Gasteiger partial charge in [-0.05, 0) is 87.8 Å². The molecule has 0 aliphatic carbocycles. The predicted molar refractivity (Wildman–Crippen MR) is 208 cm³/mol. The van der Waals surface area contributed by atoms with Gasteiger partial charge in [0.25, 0.3) is 0 Å². The van der Waals surface area contributed by atoms with E-state index < -0.39 is 0 Å². The zero-order valence-corrected chi connectivity index (χ0v) is 27.3. The number of rotatable bonds is 7. The Morgan fingerprint density at radius 2 is 0.920 bits per heavy atom. The number of hydrogen-bond donors (Lipinski definition) is 0. The Morgan fingerprint density at radius 3 is 1.60 bits per heavy atom. The van der Waals surface area contributed by atoms with Crippen molar-refractivity contribution >= 4 is 38.9 Å². The normalized spacial score (nSPS) is 11.2. The third-order valence-corrected chi connectivity index (χ3v) is 9.32. The van der Waals surface area contributed by atoms with Gasteiger partial charge in [-0.15, -0.1) is 0 Å². The topological polar surface area (TPSA) is 29.3 Å². The largest absolute Gasteiger partial charge is 0.436 e. The third kappa shape index (κ3) is 5.51. The Hall–Kier alpha value is -6.71. The molecule has 0 saturated carbocycles. The molecule has 0 unspecified atom stereocenters. The van der Waals surface area contributed by atoms with Crippen LogP contribution in [0.3, 0.4) is 0 Å². The second-order valence-electron chi connectivity index (χ2n) is 12.4. The van der Waals surface area contributed by atoms with Crippen LogP contribution in [-0.4, -0.2) is 4.98 Å². The van der Waals surface area contributed by atoms with E-state index in [1.165, 1.54) is 22.3 Å². The predicted octanol–water partition coefficient (Wildman–Crippen LogP) is 13.1. The second-order valence-corrected chi connectivity index (χ2v) is 12.4. The summed E-state index contributed by atoms with van der Waals surface area (Å²) in [5, 5.41) is 2.18. The summed E-state index contributed by atoms with van der Waals surface area (Å²) in [7, 11) is 0. The maximum absolute atomic E-state index is 6.29. The molecule has 0 aliphatic heterocycles. The highest BCUT2D eigenvalue weighted by atomic mass is 16.3. The monoisotopic (exact) mass is 640 g/mol. The Balaban J connectivity index is 1.09. The first-order valence-electron chi connectivity index (χ1n) is 16.9. The first kappa shape index (κ1) is 29.4. The lowest BCUT2D eigenvalue weighted by Crippen LogP contribution is -2.11. The molecular formula is C47H32N2O. The Labute approximate surface area is 291 Å². The minimum atomic E-state index is 0.623. The van der Waals surface area contributed by atoms with Crippen molar-refractivity contribution in [1.29, 1.82) is 0 Å². The lowest BCUT2D eigenvalue weighted by molar-refractivity contribution is 0.620. The van der Waals surface area contributed by atoms with Crippen LogP contribution in [-0.2, 0) is 0 Å². The molecule has 9 aromatic rings. The van der Waals surface area contributed by atoms with Gasteiger partial charge in [0.15, 0.2) is 5.58 Å². The van der Waals surface area contributed by atoms with Crippen molar-refractivity contribution in [3.8, 4) is 44.8 Å². The fourth-order valence-corrected chi connectivity index (χ4v) is 6.80. The van der Waals surface area contributed by atoms with Gasteiger partial charge in [-0.2, -0.15) is 0 Å². The van der Waals surface area contributed by atoms with Gasteiger partial charge in [-0.3, -0.25) is 0 Å². The van der Waals surface area contributed by atoms with Crippen LogP contribution in [0.15, 0.2) is 199 Å². The SMILES string of the molecule is c1ccc(-c2ccc(-c3nc4c(ccc5cc(-c6ccccc6N(c6ccccc6)c6ccc(-c7ccccc7)cc6)ccc54)o3)cc2)cc1. The second kappa shape index (κ2) is 12.7. The molecule has 0 atom stereocenters. The van der Waals surface area contributed by atoms with Gasteiger partial charge in [-0.1, -0.05) is 140 Å². The summed E-state index contributed by atoms with van der Waals surface area (Å²) in [5.41, 5.74) is 12.9. The molecular weight excluding hydrogens is 609 g/mol. The van der Waals surface area contributed by atoms with Crippen molar-refractivity contribution < 1.29 is 4.42 Å². The summed E-state index contributed by atoms with van der Waals surface area (Å²) in [6.07, 6.45) is 0. The highest BCUT2D eigenvalue weighted by Gasteiger charge is 2.18. The van der Waals surface area contributed by atoms with Crippen molar-refractivity contribution in [2.75, 3.05) is 4.90 Å². The van der Waals surface area contributed by atoms with Gasteiger partial charge in [0.2, 0.25) is 5.89 Å². The molecule has 0 amide bonds. The Kier molecular flexibility index (Phi) is 7.49. The summed E-state index contributed by atoms with van der Waals surface area (Å²) < 4.78 is 6.29. The maximum Gasteiger partial charge on any atom is 0.227 e. The molecule has 1 aromatic heterocycles. The van der Waals surface area contributed by atoms with Crippen LogP contribution in [0.2, 0.25) is 0 Å². The highest BCUT2D eigenvalue weighted by molar-refractivity contribution is 6.06. The molecule has 8 aromatic carbocycles. The number of oxazole rings is 1. The van der Waals surface area contributed by atoms with E-state index in [-0.39, 0.29) is 0 Å². The average Bonchev–Trinajstić information content (AvgIpc) is 3.65. The molecule has 0 bridgehead atoms. The lowest BCUT2D eigenvalue weighted by Gasteiger charge is -2.28. The van der Waals surface area contributed by atoms with E-state index >= 15 is 0 Å². The van der Waals surface area contributed by atoms with Crippen LogP contribution in [0.5, 0.6) is 0 Å². The zero-order chi connectivity index (χ0) is 33.3. The molecule has 1 heterocycles. The molecule has 9 rings (SSSR count). The van der Waals surface area contributed by atoms with Crippen molar-refractivity contribution in [2.45, 2.75) is 0 Å². The summed E-state index contributed by atoms with van der Waals surface area (Å²) in [4.78, 5) is 7.33. The van der Waals surface area contributed by atoms with E-state index in [1.807, 2.05) is 12.1 Å². The third-order valence-electron chi connectivity index (χ3n) is 9.32. The average molecular weight is 641 g/mol. The Bertz CT molecular complexity index is 2560. The minimum absolute atomic E-state index is 0.623. The molecule has 3 heteroatoms. The summed E-state index contributed by atoms with van der Waals surface area (Å²) >= 11 is 0. The fraction of sp³-hybridized carbons (Fsp3) is 0. The molecule has 3 nitrogen and oxygen atoms in total. The Morgan fingerprint density at radius 1 is 0.400 bits per heavy atom. The van der Waals surface area contributed by atoms with E-state index in [0.29, 0.717) is 5.89 Å². The molecule has 50 heavy (non-hydrogen) atoms. The minimum Gasteiger partial charge on any atom is -0.436 e.